The molecule has 22 heavy (non-hydrogen) atoms. The van der Waals surface area contributed by atoms with Crippen molar-refractivity contribution in [2.24, 2.45) is 5.92 Å². The second-order valence-electron chi connectivity index (χ2n) is 5.97. The summed E-state index contributed by atoms with van der Waals surface area (Å²) in [7, 11) is 0. The molecular formula is C15H21ClN4O2. The maximum atomic E-state index is 12.7. The third kappa shape index (κ3) is 3.50. The fraction of sp³-hybridized carbons (Fsp3) is 0.667. The summed E-state index contributed by atoms with van der Waals surface area (Å²) in [6, 6.07) is 3.60. The van der Waals surface area contributed by atoms with E-state index in [1.807, 2.05) is 17.9 Å². The third-order valence-corrected chi connectivity index (χ3v) is 4.47. The van der Waals surface area contributed by atoms with Crippen molar-refractivity contribution in [3.05, 3.63) is 17.3 Å². The Morgan fingerprint density at radius 2 is 2.18 bits per heavy atom. The molecule has 0 N–H and O–H groups in total. The highest BCUT2D eigenvalue weighted by Gasteiger charge is 2.31. The second-order valence-corrected chi connectivity index (χ2v) is 6.35. The lowest BCUT2D eigenvalue weighted by Crippen LogP contribution is -2.50. The molecule has 1 aromatic heterocycles. The van der Waals surface area contributed by atoms with Crippen molar-refractivity contribution in [2.75, 3.05) is 37.7 Å². The van der Waals surface area contributed by atoms with E-state index >= 15 is 0 Å². The molecule has 120 valence electrons. The van der Waals surface area contributed by atoms with E-state index in [1.165, 1.54) is 0 Å². The van der Waals surface area contributed by atoms with Crippen LogP contribution in [-0.4, -0.2) is 59.9 Å². The molecule has 2 fully saturated rings. The molecular weight excluding hydrogens is 304 g/mol. The Bertz CT molecular complexity index is 525. The van der Waals surface area contributed by atoms with Gasteiger partial charge in [-0.1, -0.05) is 11.6 Å². The molecule has 7 heteroatoms. The number of amides is 1. The standard InChI is InChI=1S/C15H21ClN4O2/c1-11-9-20(7-8-22-11)15(21)12-3-2-6-19(10-12)14-5-4-13(16)17-18-14/h4-5,11-12H,2-3,6-10H2,1H3/t11-,12+/m1/s1. The van der Waals surface area contributed by atoms with Gasteiger partial charge in [0.05, 0.1) is 18.6 Å². The summed E-state index contributed by atoms with van der Waals surface area (Å²) in [5, 5.41) is 8.39. The van der Waals surface area contributed by atoms with Crippen molar-refractivity contribution >= 4 is 23.3 Å². The van der Waals surface area contributed by atoms with E-state index in [4.69, 9.17) is 16.3 Å². The lowest BCUT2D eigenvalue weighted by Gasteiger charge is -2.37. The number of carbonyl (C=O) groups excluding carboxylic acids is 1. The molecule has 2 saturated heterocycles. The minimum Gasteiger partial charge on any atom is -0.375 e. The van der Waals surface area contributed by atoms with Crippen molar-refractivity contribution in [3.63, 3.8) is 0 Å². The first-order chi connectivity index (χ1) is 10.6. The number of carbonyl (C=O) groups is 1. The van der Waals surface area contributed by atoms with Crippen LogP contribution in [-0.2, 0) is 9.53 Å². The Kier molecular flexibility index (Phi) is 4.78. The predicted molar refractivity (Wildman–Crippen MR) is 84.0 cm³/mol. The van der Waals surface area contributed by atoms with Gasteiger partial charge < -0.3 is 14.5 Å². The van der Waals surface area contributed by atoms with E-state index < -0.39 is 0 Å². The number of anilines is 1. The largest absolute Gasteiger partial charge is 0.375 e. The van der Waals surface area contributed by atoms with E-state index in [1.54, 1.807) is 6.07 Å². The van der Waals surface area contributed by atoms with Gasteiger partial charge in [-0.3, -0.25) is 4.79 Å². The zero-order valence-electron chi connectivity index (χ0n) is 12.7. The number of aromatic nitrogens is 2. The molecule has 0 aromatic carbocycles. The quantitative estimate of drug-likeness (QED) is 0.827. The SMILES string of the molecule is C[C@@H]1CN(C(=O)[C@H]2CCCN(c3ccc(Cl)nn3)C2)CCO1. The van der Waals surface area contributed by atoms with Gasteiger partial charge in [-0.15, -0.1) is 10.2 Å². The molecule has 1 amide bonds. The smallest absolute Gasteiger partial charge is 0.227 e. The summed E-state index contributed by atoms with van der Waals surface area (Å²) < 4.78 is 5.51. The molecule has 0 spiro atoms. The zero-order chi connectivity index (χ0) is 15.5. The van der Waals surface area contributed by atoms with Gasteiger partial charge in [0.1, 0.15) is 0 Å². The normalized spacial score (nSPS) is 26.1. The van der Waals surface area contributed by atoms with E-state index in [0.29, 0.717) is 31.4 Å². The van der Waals surface area contributed by atoms with Crippen LogP contribution in [0.25, 0.3) is 0 Å². The number of morpholine rings is 1. The van der Waals surface area contributed by atoms with Crippen LogP contribution in [0, 0.1) is 5.92 Å². The first-order valence-corrected chi connectivity index (χ1v) is 8.16. The van der Waals surface area contributed by atoms with Crippen LogP contribution in [0.5, 0.6) is 0 Å². The Morgan fingerprint density at radius 3 is 2.91 bits per heavy atom. The van der Waals surface area contributed by atoms with Gasteiger partial charge in [-0.05, 0) is 31.9 Å². The van der Waals surface area contributed by atoms with E-state index in [2.05, 4.69) is 15.1 Å². The van der Waals surface area contributed by atoms with Crippen LogP contribution in [0.4, 0.5) is 5.82 Å². The molecule has 0 unspecified atom stereocenters. The van der Waals surface area contributed by atoms with E-state index in [0.717, 1.165) is 25.2 Å². The van der Waals surface area contributed by atoms with Gasteiger partial charge >= 0.3 is 0 Å². The first-order valence-electron chi connectivity index (χ1n) is 7.78. The summed E-state index contributed by atoms with van der Waals surface area (Å²) in [6.45, 7) is 5.62. The molecule has 2 atom stereocenters. The van der Waals surface area contributed by atoms with Crippen LogP contribution in [0.15, 0.2) is 12.1 Å². The Hall–Kier alpha value is -1.40. The van der Waals surface area contributed by atoms with Crippen molar-refractivity contribution in [2.45, 2.75) is 25.9 Å². The fourth-order valence-electron chi connectivity index (χ4n) is 3.14. The molecule has 2 aliphatic rings. The average Bonchev–Trinajstić information content (AvgIpc) is 2.55. The fourth-order valence-corrected chi connectivity index (χ4v) is 3.24. The third-order valence-electron chi connectivity index (χ3n) is 4.27. The number of rotatable bonds is 2. The van der Waals surface area contributed by atoms with Crippen molar-refractivity contribution < 1.29 is 9.53 Å². The van der Waals surface area contributed by atoms with Gasteiger partial charge in [0.2, 0.25) is 5.91 Å². The molecule has 0 saturated carbocycles. The highest BCUT2D eigenvalue weighted by atomic mass is 35.5. The maximum absolute atomic E-state index is 12.7. The van der Waals surface area contributed by atoms with Crippen LogP contribution < -0.4 is 4.90 Å². The number of hydrogen-bond donors (Lipinski definition) is 0. The molecule has 2 aliphatic heterocycles. The minimum absolute atomic E-state index is 0.0246. The predicted octanol–water partition coefficient (Wildman–Crippen LogP) is 1.59. The molecule has 3 rings (SSSR count). The summed E-state index contributed by atoms with van der Waals surface area (Å²) in [5.74, 6) is 1.05. The average molecular weight is 325 g/mol. The molecule has 1 aromatic rings. The monoisotopic (exact) mass is 324 g/mol. The maximum Gasteiger partial charge on any atom is 0.227 e. The number of nitrogens with zero attached hydrogens (tertiary/aromatic N) is 4. The second kappa shape index (κ2) is 6.79. The topological polar surface area (TPSA) is 58.6 Å². The van der Waals surface area contributed by atoms with Crippen LogP contribution >= 0.6 is 11.6 Å². The van der Waals surface area contributed by atoms with Gasteiger partial charge in [0.15, 0.2) is 11.0 Å². The van der Waals surface area contributed by atoms with E-state index in [9.17, 15) is 4.79 Å². The first kappa shape index (κ1) is 15.5. The highest BCUT2D eigenvalue weighted by Crippen LogP contribution is 2.24. The van der Waals surface area contributed by atoms with Crippen LogP contribution in [0.3, 0.4) is 0 Å². The van der Waals surface area contributed by atoms with Gasteiger partial charge in [-0.2, -0.15) is 0 Å². The molecule has 0 radical (unpaired) electrons. The van der Waals surface area contributed by atoms with Gasteiger partial charge in [0.25, 0.3) is 0 Å². The van der Waals surface area contributed by atoms with Crippen molar-refractivity contribution in [3.8, 4) is 0 Å². The summed E-state index contributed by atoms with van der Waals surface area (Å²) in [5.41, 5.74) is 0. The summed E-state index contributed by atoms with van der Waals surface area (Å²) in [4.78, 5) is 16.8. The van der Waals surface area contributed by atoms with E-state index in [-0.39, 0.29) is 17.9 Å². The molecule has 0 aliphatic carbocycles. The molecule has 6 nitrogen and oxygen atoms in total. The van der Waals surface area contributed by atoms with Crippen LogP contribution in [0.2, 0.25) is 5.15 Å². The van der Waals surface area contributed by atoms with Crippen molar-refractivity contribution in [1.82, 2.24) is 15.1 Å². The lowest BCUT2D eigenvalue weighted by molar-refractivity contribution is -0.142. The molecule has 0 bridgehead atoms. The summed E-state index contributed by atoms with van der Waals surface area (Å²) in [6.07, 6.45) is 2.04. The Morgan fingerprint density at radius 1 is 1.32 bits per heavy atom. The number of ether oxygens (including phenoxy) is 1. The number of piperidine rings is 1. The molecule has 3 heterocycles. The Balaban J connectivity index is 1.64. The lowest BCUT2D eigenvalue weighted by atomic mass is 9.96. The minimum atomic E-state index is 0.0246. The van der Waals surface area contributed by atoms with Crippen molar-refractivity contribution in [1.29, 1.82) is 0 Å². The summed E-state index contributed by atoms with van der Waals surface area (Å²) >= 11 is 5.78. The number of halogens is 1. The number of hydrogen-bond acceptors (Lipinski definition) is 5. The van der Waals surface area contributed by atoms with Crippen LogP contribution in [0.1, 0.15) is 19.8 Å². The zero-order valence-corrected chi connectivity index (χ0v) is 13.5. The Labute approximate surface area is 135 Å². The van der Waals surface area contributed by atoms with Gasteiger partial charge in [-0.25, -0.2) is 0 Å². The van der Waals surface area contributed by atoms with Gasteiger partial charge in [0, 0.05) is 26.2 Å². The highest BCUT2D eigenvalue weighted by molar-refractivity contribution is 6.29.